The molecule has 1 fully saturated rings. The van der Waals surface area contributed by atoms with Crippen molar-refractivity contribution >= 4 is 21.8 Å². The van der Waals surface area contributed by atoms with Gasteiger partial charge in [-0.2, -0.15) is 0 Å². The molecular formula is C11H10BrNO3. The van der Waals surface area contributed by atoms with Gasteiger partial charge in [0.2, 0.25) is 0 Å². The first-order chi connectivity index (χ1) is 7.66. The Morgan fingerprint density at radius 2 is 2.31 bits per heavy atom. The van der Waals surface area contributed by atoms with Gasteiger partial charge in [-0.15, -0.1) is 0 Å². The number of amides is 1. The van der Waals surface area contributed by atoms with E-state index in [1.807, 2.05) is 18.2 Å². The van der Waals surface area contributed by atoms with Crippen LogP contribution in [-0.2, 0) is 16.0 Å². The Hall–Kier alpha value is -0.910. The van der Waals surface area contributed by atoms with Crippen molar-refractivity contribution in [3.63, 3.8) is 0 Å². The Balaban J connectivity index is 2.06. The highest BCUT2D eigenvalue weighted by atomic mass is 79.9. The highest BCUT2D eigenvalue weighted by molar-refractivity contribution is 9.10. The molecule has 1 heterocycles. The number of carbonyl (C=O) groups excluding carboxylic acids is 1. The van der Waals surface area contributed by atoms with Crippen LogP contribution in [0.15, 0.2) is 22.7 Å². The van der Waals surface area contributed by atoms with Gasteiger partial charge >= 0.3 is 0 Å². The van der Waals surface area contributed by atoms with Crippen LogP contribution in [0.25, 0.3) is 0 Å². The van der Waals surface area contributed by atoms with Crippen molar-refractivity contribution in [1.82, 2.24) is 5.06 Å². The van der Waals surface area contributed by atoms with Gasteiger partial charge in [0.05, 0.1) is 6.10 Å². The number of hydrogen-bond acceptors (Lipinski definition) is 3. The summed E-state index contributed by atoms with van der Waals surface area (Å²) in [4.78, 5) is 11.4. The summed E-state index contributed by atoms with van der Waals surface area (Å²) in [6.45, 7) is -0.0349. The first-order valence-corrected chi connectivity index (χ1v) is 5.87. The van der Waals surface area contributed by atoms with E-state index >= 15 is 0 Å². The SMILES string of the molecule is O=C1COC2Cc3ccc(Br)cc3C2N1O. The van der Waals surface area contributed by atoms with E-state index in [1.165, 1.54) is 0 Å². The second kappa shape index (κ2) is 3.55. The van der Waals surface area contributed by atoms with Crippen molar-refractivity contribution in [2.24, 2.45) is 0 Å². The van der Waals surface area contributed by atoms with E-state index in [9.17, 15) is 10.0 Å². The second-order valence-electron chi connectivity index (χ2n) is 4.08. The van der Waals surface area contributed by atoms with Gasteiger partial charge in [-0.05, 0) is 23.3 Å². The Morgan fingerprint density at radius 3 is 3.12 bits per heavy atom. The van der Waals surface area contributed by atoms with Crippen molar-refractivity contribution in [2.45, 2.75) is 18.6 Å². The lowest BCUT2D eigenvalue weighted by Crippen LogP contribution is -2.45. The highest BCUT2D eigenvalue weighted by Crippen LogP contribution is 2.40. The summed E-state index contributed by atoms with van der Waals surface area (Å²) >= 11 is 3.39. The monoisotopic (exact) mass is 283 g/mol. The number of ether oxygens (including phenoxy) is 1. The Morgan fingerprint density at radius 1 is 1.50 bits per heavy atom. The Kier molecular flexibility index (Phi) is 2.27. The molecule has 0 radical (unpaired) electrons. The standard InChI is InChI=1S/C11H10BrNO3/c12-7-2-1-6-3-9-11(8(6)4-7)13(15)10(14)5-16-9/h1-2,4,9,11,15H,3,5H2. The van der Waals surface area contributed by atoms with Gasteiger partial charge in [0.1, 0.15) is 12.6 Å². The number of halogens is 1. The zero-order chi connectivity index (χ0) is 11.3. The minimum absolute atomic E-state index is 0.0349. The third kappa shape index (κ3) is 1.39. The van der Waals surface area contributed by atoms with Crippen LogP contribution in [0.1, 0.15) is 17.2 Å². The van der Waals surface area contributed by atoms with Gasteiger partial charge in [0, 0.05) is 10.9 Å². The van der Waals surface area contributed by atoms with Gasteiger partial charge in [0.15, 0.2) is 0 Å². The van der Waals surface area contributed by atoms with Gasteiger partial charge in [-0.3, -0.25) is 10.0 Å². The molecule has 16 heavy (non-hydrogen) atoms. The lowest BCUT2D eigenvalue weighted by atomic mass is 10.1. The van der Waals surface area contributed by atoms with E-state index in [0.29, 0.717) is 0 Å². The molecule has 1 amide bonds. The minimum atomic E-state index is -0.380. The molecule has 0 saturated carbocycles. The van der Waals surface area contributed by atoms with Crippen molar-refractivity contribution in [2.75, 3.05) is 6.61 Å². The summed E-state index contributed by atoms with van der Waals surface area (Å²) in [5, 5.41) is 10.6. The molecule has 2 atom stereocenters. The first-order valence-electron chi connectivity index (χ1n) is 5.07. The normalized spacial score (nSPS) is 27.9. The summed E-state index contributed by atoms with van der Waals surface area (Å²) in [5.74, 6) is -0.380. The zero-order valence-electron chi connectivity index (χ0n) is 8.39. The lowest BCUT2D eigenvalue weighted by molar-refractivity contribution is -0.212. The minimum Gasteiger partial charge on any atom is -0.365 e. The maximum Gasteiger partial charge on any atom is 0.272 e. The molecule has 1 aromatic rings. The van der Waals surface area contributed by atoms with Crippen LogP contribution < -0.4 is 0 Å². The van der Waals surface area contributed by atoms with E-state index in [2.05, 4.69) is 15.9 Å². The molecule has 1 N–H and O–H groups in total. The molecule has 5 heteroatoms. The predicted octanol–water partition coefficient (Wildman–Crippen LogP) is 1.66. The maximum absolute atomic E-state index is 11.4. The fraction of sp³-hybridized carbons (Fsp3) is 0.364. The number of morpholine rings is 1. The molecule has 1 aromatic carbocycles. The first kappa shape index (κ1) is 10.3. The van der Waals surface area contributed by atoms with Crippen LogP contribution in [-0.4, -0.2) is 28.9 Å². The van der Waals surface area contributed by atoms with Crippen molar-refractivity contribution in [3.05, 3.63) is 33.8 Å². The fourth-order valence-corrected chi connectivity index (χ4v) is 2.77. The average Bonchev–Trinajstić information content (AvgIpc) is 2.62. The van der Waals surface area contributed by atoms with Crippen molar-refractivity contribution in [3.8, 4) is 0 Å². The molecule has 1 saturated heterocycles. The Labute approximate surface area is 101 Å². The van der Waals surface area contributed by atoms with E-state index in [-0.39, 0.29) is 24.7 Å². The van der Waals surface area contributed by atoms with Crippen molar-refractivity contribution < 1.29 is 14.7 Å². The second-order valence-corrected chi connectivity index (χ2v) is 5.00. The molecule has 2 unspecified atom stereocenters. The number of benzene rings is 1. The third-order valence-corrected chi connectivity index (χ3v) is 3.63. The molecule has 1 aliphatic carbocycles. The summed E-state index contributed by atoms with van der Waals surface area (Å²) in [5.41, 5.74) is 2.10. The molecular weight excluding hydrogens is 274 g/mol. The van der Waals surface area contributed by atoms with Gasteiger partial charge in [-0.25, -0.2) is 5.06 Å². The number of nitrogens with zero attached hydrogens (tertiary/aromatic N) is 1. The molecule has 2 aliphatic rings. The van der Waals surface area contributed by atoms with Crippen LogP contribution in [0.4, 0.5) is 0 Å². The largest absolute Gasteiger partial charge is 0.365 e. The zero-order valence-corrected chi connectivity index (χ0v) is 9.98. The summed E-state index contributed by atoms with van der Waals surface area (Å²) in [6.07, 6.45) is 0.629. The topological polar surface area (TPSA) is 49.8 Å². The molecule has 3 rings (SSSR count). The number of carbonyl (C=O) groups is 1. The number of hydrogen-bond donors (Lipinski definition) is 1. The van der Waals surface area contributed by atoms with Crippen LogP contribution in [0.2, 0.25) is 0 Å². The van der Waals surface area contributed by atoms with Crippen molar-refractivity contribution in [1.29, 1.82) is 0 Å². The van der Waals surface area contributed by atoms with Crippen LogP contribution in [0, 0.1) is 0 Å². The lowest BCUT2D eigenvalue weighted by Gasteiger charge is -2.32. The smallest absolute Gasteiger partial charge is 0.272 e. The fourth-order valence-electron chi connectivity index (χ4n) is 2.39. The average molecular weight is 284 g/mol. The predicted molar refractivity (Wildman–Crippen MR) is 59.0 cm³/mol. The van der Waals surface area contributed by atoms with Gasteiger partial charge in [0.25, 0.3) is 5.91 Å². The van der Waals surface area contributed by atoms with E-state index < -0.39 is 0 Å². The van der Waals surface area contributed by atoms with E-state index in [4.69, 9.17) is 4.74 Å². The Bertz CT molecular complexity index is 463. The molecule has 0 bridgehead atoms. The molecule has 84 valence electrons. The van der Waals surface area contributed by atoms with E-state index in [0.717, 1.165) is 27.1 Å². The van der Waals surface area contributed by atoms with Crippen LogP contribution in [0.3, 0.4) is 0 Å². The molecule has 1 aliphatic heterocycles. The maximum atomic E-state index is 11.4. The summed E-state index contributed by atoms with van der Waals surface area (Å²) in [7, 11) is 0. The molecule has 0 aromatic heterocycles. The van der Waals surface area contributed by atoms with Crippen LogP contribution >= 0.6 is 15.9 Å². The number of rotatable bonds is 0. The molecule has 4 nitrogen and oxygen atoms in total. The van der Waals surface area contributed by atoms with Gasteiger partial charge in [-0.1, -0.05) is 22.0 Å². The van der Waals surface area contributed by atoms with E-state index in [1.54, 1.807) is 0 Å². The van der Waals surface area contributed by atoms with Gasteiger partial charge < -0.3 is 4.74 Å². The highest BCUT2D eigenvalue weighted by Gasteiger charge is 2.43. The molecule has 0 spiro atoms. The summed E-state index contributed by atoms with van der Waals surface area (Å²) in [6, 6.07) is 5.54. The van der Waals surface area contributed by atoms with Crippen LogP contribution in [0.5, 0.6) is 0 Å². The third-order valence-electron chi connectivity index (χ3n) is 3.14. The number of hydroxylamine groups is 2. The quantitative estimate of drug-likeness (QED) is 0.737. The summed E-state index contributed by atoms with van der Waals surface area (Å²) < 4.78 is 6.38. The number of fused-ring (bicyclic) bond motifs is 3.